The first kappa shape index (κ1) is 18.9. The van der Waals surface area contributed by atoms with E-state index in [2.05, 4.69) is 0 Å². The van der Waals surface area contributed by atoms with Crippen LogP contribution in [0.3, 0.4) is 0 Å². The standard InChI is InChI=1S/C12H22O11/c13-1-4-6(15)8(17)9(18)11(22-4)21-2-5-7(16)10(19)12(20,3-14)23-5/h4-11,13-20H,1-3H2/t4-,5+,6+,7+,8-,9+,10-,11-,12-/m0/s1. The van der Waals surface area contributed by atoms with Gasteiger partial charge in [0.25, 0.3) is 0 Å². The number of aliphatic hydroxyl groups excluding tert-OH is 7. The smallest absolute Gasteiger partial charge is 0.219 e. The van der Waals surface area contributed by atoms with Gasteiger partial charge in [-0.1, -0.05) is 0 Å². The van der Waals surface area contributed by atoms with Crippen molar-refractivity contribution >= 4 is 0 Å². The molecule has 0 aromatic heterocycles. The molecule has 0 aromatic carbocycles. The van der Waals surface area contributed by atoms with Crippen molar-refractivity contribution in [2.75, 3.05) is 19.8 Å². The van der Waals surface area contributed by atoms with Crippen LogP contribution in [0.4, 0.5) is 0 Å². The minimum Gasteiger partial charge on any atom is -0.394 e. The lowest BCUT2D eigenvalue weighted by Crippen LogP contribution is -2.59. The van der Waals surface area contributed by atoms with Crippen LogP contribution in [0.5, 0.6) is 0 Å². The number of ether oxygens (including phenoxy) is 3. The summed E-state index contributed by atoms with van der Waals surface area (Å²) < 4.78 is 15.2. The summed E-state index contributed by atoms with van der Waals surface area (Å²) in [7, 11) is 0. The molecular formula is C12H22O11. The molecule has 8 N–H and O–H groups in total. The molecule has 136 valence electrons. The second kappa shape index (κ2) is 7.21. The predicted molar refractivity (Wildman–Crippen MR) is 68.6 cm³/mol. The fourth-order valence-corrected chi connectivity index (χ4v) is 2.53. The van der Waals surface area contributed by atoms with Crippen molar-refractivity contribution in [1.82, 2.24) is 0 Å². The molecule has 2 aliphatic rings. The van der Waals surface area contributed by atoms with E-state index < -0.39 is 74.6 Å². The number of rotatable bonds is 5. The molecule has 0 amide bonds. The van der Waals surface area contributed by atoms with Crippen molar-refractivity contribution in [2.45, 2.75) is 54.8 Å². The molecule has 9 atom stereocenters. The Bertz CT molecular complexity index is 393. The molecule has 0 unspecified atom stereocenters. The van der Waals surface area contributed by atoms with Crippen LogP contribution in [0.15, 0.2) is 0 Å². The van der Waals surface area contributed by atoms with E-state index in [-0.39, 0.29) is 0 Å². The van der Waals surface area contributed by atoms with Crippen molar-refractivity contribution in [1.29, 1.82) is 0 Å². The maximum Gasteiger partial charge on any atom is 0.219 e. The van der Waals surface area contributed by atoms with Crippen molar-refractivity contribution in [3.8, 4) is 0 Å². The Labute approximate surface area is 130 Å². The third-order valence-corrected chi connectivity index (χ3v) is 4.02. The Kier molecular flexibility index (Phi) is 5.92. The molecule has 0 aliphatic carbocycles. The fourth-order valence-electron chi connectivity index (χ4n) is 2.53. The van der Waals surface area contributed by atoms with Crippen LogP contribution in [0, 0.1) is 0 Å². The zero-order chi connectivity index (χ0) is 17.4. The van der Waals surface area contributed by atoms with E-state index in [1.54, 1.807) is 0 Å². The van der Waals surface area contributed by atoms with Gasteiger partial charge in [0, 0.05) is 0 Å². The molecule has 2 rings (SSSR count). The predicted octanol–water partition coefficient (Wildman–Crippen LogP) is -5.40. The minimum atomic E-state index is -2.34. The third kappa shape index (κ3) is 3.50. The van der Waals surface area contributed by atoms with E-state index in [1.165, 1.54) is 0 Å². The summed E-state index contributed by atoms with van der Waals surface area (Å²) in [5.41, 5.74) is 0. The van der Waals surface area contributed by atoms with Crippen molar-refractivity contribution in [3.05, 3.63) is 0 Å². The summed E-state index contributed by atoms with van der Waals surface area (Å²) in [5, 5.41) is 76.1. The van der Waals surface area contributed by atoms with Crippen molar-refractivity contribution in [2.24, 2.45) is 0 Å². The molecule has 0 aromatic rings. The molecule has 23 heavy (non-hydrogen) atoms. The van der Waals surface area contributed by atoms with Gasteiger partial charge in [0.1, 0.15) is 42.7 Å². The summed E-state index contributed by atoms with van der Waals surface area (Å²) in [6, 6.07) is 0. The molecule has 11 nitrogen and oxygen atoms in total. The topological polar surface area (TPSA) is 190 Å². The number of hydrogen-bond donors (Lipinski definition) is 8. The van der Waals surface area contributed by atoms with Gasteiger partial charge in [-0.15, -0.1) is 0 Å². The highest BCUT2D eigenvalue weighted by molar-refractivity contribution is 4.95. The average Bonchev–Trinajstić information content (AvgIpc) is 2.77. The van der Waals surface area contributed by atoms with E-state index in [0.29, 0.717) is 0 Å². The van der Waals surface area contributed by atoms with Gasteiger partial charge in [0.15, 0.2) is 6.29 Å². The minimum absolute atomic E-state index is 0.469. The Morgan fingerprint density at radius 2 is 1.52 bits per heavy atom. The average molecular weight is 342 g/mol. The Morgan fingerprint density at radius 1 is 0.870 bits per heavy atom. The zero-order valence-corrected chi connectivity index (χ0v) is 12.0. The van der Waals surface area contributed by atoms with Gasteiger partial charge < -0.3 is 55.1 Å². The highest BCUT2D eigenvalue weighted by Crippen LogP contribution is 2.30. The van der Waals surface area contributed by atoms with E-state index in [4.69, 9.17) is 24.4 Å². The molecule has 0 bridgehead atoms. The van der Waals surface area contributed by atoms with Crippen LogP contribution in [0.25, 0.3) is 0 Å². The lowest BCUT2D eigenvalue weighted by Gasteiger charge is -2.39. The zero-order valence-electron chi connectivity index (χ0n) is 12.0. The second-order valence-electron chi connectivity index (χ2n) is 5.63. The summed E-state index contributed by atoms with van der Waals surface area (Å²) >= 11 is 0. The summed E-state index contributed by atoms with van der Waals surface area (Å²) in [6.45, 7) is -2.05. The maximum absolute atomic E-state index is 9.78. The first-order chi connectivity index (χ1) is 10.7. The van der Waals surface area contributed by atoms with Gasteiger partial charge in [-0.25, -0.2) is 0 Å². The molecule has 11 heteroatoms. The molecule has 2 fully saturated rings. The van der Waals surface area contributed by atoms with E-state index >= 15 is 0 Å². The maximum atomic E-state index is 9.78. The Hall–Kier alpha value is -0.440. The lowest BCUT2D eigenvalue weighted by molar-refractivity contribution is -0.310. The van der Waals surface area contributed by atoms with E-state index in [0.717, 1.165) is 0 Å². The van der Waals surface area contributed by atoms with Crippen molar-refractivity contribution in [3.63, 3.8) is 0 Å². The molecule has 2 aliphatic heterocycles. The highest BCUT2D eigenvalue weighted by Gasteiger charge is 2.53. The summed E-state index contributed by atoms with van der Waals surface area (Å²) in [5.74, 6) is -2.34. The van der Waals surface area contributed by atoms with Crippen LogP contribution in [-0.2, 0) is 14.2 Å². The number of hydrogen-bond acceptors (Lipinski definition) is 11. The first-order valence-electron chi connectivity index (χ1n) is 7.04. The second-order valence-corrected chi connectivity index (χ2v) is 5.63. The van der Waals surface area contributed by atoms with Crippen LogP contribution in [0.1, 0.15) is 0 Å². The fraction of sp³-hybridized carbons (Fsp3) is 1.00. The van der Waals surface area contributed by atoms with Crippen molar-refractivity contribution < 1.29 is 55.1 Å². The summed E-state index contributed by atoms with van der Waals surface area (Å²) in [6.07, 6.45) is -12.0. The Balaban J connectivity index is 1.95. The molecule has 0 saturated carbocycles. The number of aliphatic hydroxyl groups is 8. The first-order valence-corrected chi connectivity index (χ1v) is 7.04. The van der Waals surface area contributed by atoms with E-state index in [1.807, 2.05) is 0 Å². The van der Waals surface area contributed by atoms with E-state index in [9.17, 15) is 30.6 Å². The van der Waals surface area contributed by atoms with Gasteiger partial charge in [0.2, 0.25) is 5.79 Å². The van der Waals surface area contributed by atoms with Crippen LogP contribution < -0.4 is 0 Å². The quantitative estimate of drug-likeness (QED) is 0.238. The normalized spacial score (nSPS) is 51.1. The lowest BCUT2D eigenvalue weighted by atomic mass is 9.99. The summed E-state index contributed by atoms with van der Waals surface area (Å²) in [4.78, 5) is 0. The van der Waals surface area contributed by atoms with Gasteiger partial charge in [0.05, 0.1) is 19.8 Å². The molecular weight excluding hydrogens is 320 g/mol. The third-order valence-electron chi connectivity index (χ3n) is 4.02. The van der Waals surface area contributed by atoms with Gasteiger partial charge in [-0.3, -0.25) is 0 Å². The van der Waals surface area contributed by atoms with Crippen LogP contribution >= 0.6 is 0 Å². The highest BCUT2D eigenvalue weighted by atomic mass is 16.7. The monoisotopic (exact) mass is 342 g/mol. The molecule has 2 heterocycles. The largest absolute Gasteiger partial charge is 0.394 e. The Morgan fingerprint density at radius 3 is 2.04 bits per heavy atom. The molecule has 0 spiro atoms. The van der Waals surface area contributed by atoms with Gasteiger partial charge in [-0.2, -0.15) is 0 Å². The SMILES string of the molecule is OC[C@@H]1O[C@H](OC[C@H]2O[C@@](O)(CO)[C@@H](O)[C@@H]2O)[C@H](O)[C@@H](O)[C@@H]1O. The van der Waals surface area contributed by atoms with Gasteiger partial charge >= 0.3 is 0 Å². The molecule has 0 radical (unpaired) electrons. The molecule has 2 saturated heterocycles. The van der Waals surface area contributed by atoms with Crippen LogP contribution in [-0.4, -0.2) is 115 Å². The van der Waals surface area contributed by atoms with Crippen LogP contribution in [0.2, 0.25) is 0 Å². The van der Waals surface area contributed by atoms with Gasteiger partial charge in [-0.05, 0) is 0 Å².